The number of hydrogen-bond acceptors (Lipinski definition) is 4. The number of hydrogen-bond donors (Lipinski definition) is 1. The maximum Gasteiger partial charge on any atom is 0.174 e. The van der Waals surface area contributed by atoms with Crippen LogP contribution in [0, 0.1) is 28.6 Å². The molecule has 1 aliphatic rings. The van der Waals surface area contributed by atoms with Gasteiger partial charge in [0, 0.05) is 12.6 Å². The molecule has 1 N–H and O–H groups in total. The van der Waals surface area contributed by atoms with Gasteiger partial charge >= 0.3 is 0 Å². The zero-order chi connectivity index (χ0) is 13.5. The summed E-state index contributed by atoms with van der Waals surface area (Å²) < 4.78 is 5.20. The van der Waals surface area contributed by atoms with Gasteiger partial charge in [0.15, 0.2) is 6.61 Å². The molecule has 0 bridgehead atoms. The third-order valence-corrected chi connectivity index (χ3v) is 3.48. The Morgan fingerprint density at radius 3 is 2.68 bits per heavy atom. The molecule has 0 heterocycles. The van der Waals surface area contributed by atoms with Crippen molar-refractivity contribution < 1.29 is 4.74 Å². The first-order valence-corrected chi connectivity index (χ1v) is 6.55. The smallest absolute Gasteiger partial charge is 0.174 e. The van der Waals surface area contributed by atoms with Crippen molar-refractivity contribution in [1.82, 2.24) is 5.32 Å². The molecule has 98 valence electrons. The predicted molar refractivity (Wildman–Crippen MR) is 71.1 cm³/mol. The lowest BCUT2D eigenvalue weighted by atomic mass is 10.1. The van der Waals surface area contributed by atoms with Gasteiger partial charge in [0.2, 0.25) is 0 Å². The van der Waals surface area contributed by atoms with E-state index in [1.807, 2.05) is 30.3 Å². The highest BCUT2D eigenvalue weighted by Gasteiger charge is 2.26. The molecule has 0 amide bonds. The lowest BCUT2D eigenvalue weighted by molar-refractivity contribution is 0.368. The standard InChI is InChI=1S/C15H17N3O/c16-8-9-19-14-6-4-12(5-7-14)11-18-15-3-1-2-13(15)10-17/h4-7,13,15,18H,1-3,9,11H2. The van der Waals surface area contributed by atoms with E-state index in [2.05, 4.69) is 11.4 Å². The molecule has 4 heteroatoms. The zero-order valence-corrected chi connectivity index (χ0v) is 10.8. The molecule has 2 unspecified atom stereocenters. The molecule has 19 heavy (non-hydrogen) atoms. The summed E-state index contributed by atoms with van der Waals surface area (Å²) in [4.78, 5) is 0. The average Bonchev–Trinajstić information content (AvgIpc) is 2.91. The molecule has 1 fully saturated rings. The van der Waals surface area contributed by atoms with Crippen LogP contribution >= 0.6 is 0 Å². The first-order chi connectivity index (χ1) is 9.33. The van der Waals surface area contributed by atoms with E-state index in [-0.39, 0.29) is 12.5 Å². The van der Waals surface area contributed by atoms with E-state index in [0.29, 0.717) is 11.8 Å². The first-order valence-electron chi connectivity index (χ1n) is 6.55. The summed E-state index contributed by atoms with van der Waals surface area (Å²) in [7, 11) is 0. The topological polar surface area (TPSA) is 68.8 Å². The zero-order valence-electron chi connectivity index (χ0n) is 10.8. The number of nitriles is 2. The van der Waals surface area contributed by atoms with Crippen LogP contribution in [0.5, 0.6) is 5.75 Å². The van der Waals surface area contributed by atoms with Crippen LogP contribution in [0.1, 0.15) is 24.8 Å². The summed E-state index contributed by atoms with van der Waals surface area (Å²) in [6.07, 6.45) is 3.23. The monoisotopic (exact) mass is 255 g/mol. The molecule has 1 aromatic carbocycles. The van der Waals surface area contributed by atoms with Gasteiger partial charge in [-0.1, -0.05) is 18.6 Å². The van der Waals surface area contributed by atoms with Gasteiger partial charge < -0.3 is 10.1 Å². The van der Waals surface area contributed by atoms with E-state index in [0.717, 1.165) is 31.4 Å². The van der Waals surface area contributed by atoms with Crippen LogP contribution in [0.4, 0.5) is 0 Å². The van der Waals surface area contributed by atoms with Gasteiger partial charge in [-0.25, -0.2) is 0 Å². The van der Waals surface area contributed by atoms with Crippen LogP contribution in [-0.4, -0.2) is 12.6 Å². The molecule has 0 spiro atoms. The highest BCUT2D eigenvalue weighted by atomic mass is 16.5. The molecule has 2 rings (SSSR count). The third kappa shape index (κ3) is 3.71. The molecule has 0 aromatic heterocycles. The summed E-state index contributed by atoms with van der Waals surface area (Å²) in [5.74, 6) is 0.860. The molecule has 1 aromatic rings. The maximum absolute atomic E-state index is 9.02. The van der Waals surface area contributed by atoms with Crippen molar-refractivity contribution in [2.24, 2.45) is 5.92 Å². The minimum atomic E-state index is 0.0729. The fourth-order valence-corrected chi connectivity index (χ4v) is 2.43. The van der Waals surface area contributed by atoms with Crippen molar-refractivity contribution in [2.75, 3.05) is 6.61 Å². The highest BCUT2D eigenvalue weighted by Crippen LogP contribution is 2.25. The van der Waals surface area contributed by atoms with Crippen LogP contribution in [0.2, 0.25) is 0 Å². The fourth-order valence-electron chi connectivity index (χ4n) is 2.43. The quantitative estimate of drug-likeness (QED) is 0.877. The summed E-state index contributed by atoms with van der Waals surface area (Å²) in [6.45, 7) is 0.838. The van der Waals surface area contributed by atoms with Crippen LogP contribution in [0.15, 0.2) is 24.3 Å². The molecule has 0 aliphatic heterocycles. The molecular formula is C15H17N3O. The van der Waals surface area contributed by atoms with Gasteiger partial charge in [-0.3, -0.25) is 0 Å². The maximum atomic E-state index is 9.02. The second kappa shape index (κ2) is 6.78. The molecule has 0 radical (unpaired) electrons. The van der Waals surface area contributed by atoms with Gasteiger partial charge in [-0.05, 0) is 30.5 Å². The van der Waals surface area contributed by atoms with E-state index < -0.39 is 0 Å². The predicted octanol–water partition coefficient (Wildman–Crippen LogP) is 2.37. The summed E-state index contributed by atoms with van der Waals surface area (Å²) >= 11 is 0. The normalized spacial score (nSPS) is 21.6. The van der Waals surface area contributed by atoms with Crippen molar-refractivity contribution in [1.29, 1.82) is 10.5 Å². The van der Waals surface area contributed by atoms with Crippen molar-refractivity contribution in [3.05, 3.63) is 29.8 Å². The Hall–Kier alpha value is -2.04. The van der Waals surface area contributed by atoms with Gasteiger partial charge in [-0.2, -0.15) is 10.5 Å². The van der Waals surface area contributed by atoms with E-state index in [9.17, 15) is 0 Å². The van der Waals surface area contributed by atoms with Crippen molar-refractivity contribution in [2.45, 2.75) is 31.8 Å². The van der Waals surface area contributed by atoms with Gasteiger partial charge in [-0.15, -0.1) is 0 Å². The molecule has 1 saturated carbocycles. The number of benzene rings is 1. The van der Waals surface area contributed by atoms with E-state index in [4.69, 9.17) is 15.3 Å². The lowest BCUT2D eigenvalue weighted by Crippen LogP contribution is -2.31. The Labute approximate surface area is 113 Å². The van der Waals surface area contributed by atoms with Crippen LogP contribution in [-0.2, 0) is 6.54 Å². The number of nitrogens with zero attached hydrogens (tertiary/aromatic N) is 2. The van der Waals surface area contributed by atoms with E-state index in [1.165, 1.54) is 0 Å². The molecular weight excluding hydrogens is 238 g/mol. The number of rotatable bonds is 5. The second-order valence-electron chi connectivity index (χ2n) is 4.74. The van der Waals surface area contributed by atoms with E-state index in [1.54, 1.807) is 0 Å². The van der Waals surface area contributed by atoms with Gasteiger partial charge in [0.05, 0.1) is 12.0 Å². The number of nitrogens with one attached hydrogen (secondary N) is 1. The highest BCUT2D eigenvalue weighted by molar-refractivity contribution is 5.27. The minimum Gasteiger partial charge on any atom is -0.479 e. The van der Waals surface area contributed by atoms with Crippen molar-refractivity contribution >= 4 is 0 Å². The first kappa shape index (κ1) is 13.4. The summed E-state index contributed by atoms with van der Waals surface area (Å²) in [6, 6.07) is 12.3. The molecule has 4 nitrogen and oxygen atoms in total. The number of ether oxygens (including phenoxy) is 1. The lowest BCUT2D eigenvalue weighted by Gasteiger charge is -2.15. The third-order valence-electron chi connectivity index (χ3n) is 3.48. The SMILES string of the molecule is N#CCOc1ccc(CNC2CCCC2C#N)cc1. The molecule has 0 saturated heterocycles. The largest absolute Gasteiger partial charge is 0.479 e. The molecule has 2 atom stereocenters. The van der Waals surface area contributed by atoms with Crippen molar-refractivity contribution in [3.63, 3.8) is 0 Å². The minimum absolute atomic E-state index is 0.0729. The Balaban J connectivity index is 1.83. The Morgan fingerprint density at radius 2 is 2.00 bits per heavy atom. The Kier molecular flexibility index (Phi) is 4.78. The van der Waals surface area contributed by atoms with Crippen LogP contribution in [0.3, 0.4) is 0 Å². The fraction of sp³-hybridized carbons (Fsp3) is 0.467. The van der Waals surface area contributed by atoms with E-state index >= 15 is 0 Å². The second-order valence-corrected chi connectivity index (χ2v) is 4.74. The van der Waals surface area contributed by atoms with Crippen LogP contribution in [0.25, 0.3) is 0 Å². The summed E-state index contributed by atoms with van der Waals surface area (Å²) in [5.41, 5.74) is 1.16. The summed E-state index contributed by atoms with van der Waals surface area (Å²) in [5, 5.41) is 20.9. The Morgan fingerprint density at radius 1 is 1.21 bits per heavy atom. The van der Waals surface area contributed by atoms with Crippen molar-refractivity contribution in [3.8, 4) is 17.9 Å². The van der Waals surface area contributed by atoms with Gasteiger partial charge in [0.25, 0.3) is 0 Å². The Bertz CT molecular complexity index is 484. The molecule has 1 aliphatic carbocycles. The average molecular weight is 255 g/mol. The van der Waals surface area contributed by atoms with Crippen LogP contribution < -0.4 is 10.1 Å². The van der Waals surface area contributed by atoms with Gasteiger partial charge in [0.1, 0.15) is 11.8 Å².